The van der Waals surface area contributed by atoms with Crippen LogP contribution in [0, 0.1) is 12.7 Å². The van der Waals surface area contributed by atoms with Gasteiger partial charge in [0, 0.05) is 23.9 Å². The van der Waals surface area contributed by atoms with Crippen molar-refractivity contribution in [1.29, 1.82) is 0 Å². The molecule has 0 radical (unpaired) electrons. The lowest BCUT2D eigenvalue weighted by atomic mass is 10.1. The average molecular weight is 261 g/mol. The van der Waals surface area contributed by atoms with Gasteiger partial charge in [0.15, 0.2) is 0 Å². The molecule has 0 amide bonds. The Morgan fingerprint density at radius 1 is 1.26 bits per heavy atom. The zero-order valence-electron chi connectivity index (χ0n) is 11.2. The van der Waals surface area contributed by atoms with Crippen LogP contribution in [-0.4, -0.2) is 23.6 Å². The second-order valence-corrected chi connectivity index (χ2v) is 4.09. The average Bonchev–Trinajstić information content (AvgIpc) is 2.38. The maximum Gasteiger partial charge on any atom is 0.223 e. The number of anilines is 1. The molecule has 0 saturated heterocycles. The van der Waals surface area contributed by atoms with E-state index >= 15 is 0 Å². The van der Waals surface area contributed by atoms with E-state index in [1.54, 1.807) is 18.2 Å². The molecule has 4 nitrogen and oxygen atoms in total. The smallest absolute Gasteiger partial charge is 0.223 e. The first kappa shape index (κ1) is 13.3. The van der Waals surface area contributed by atoms with E-state index in [1.165, 1.54) is 13.2 Å². The van der Waals surface area contributed by atoms with Crippen molar-refractivity contribution in [3.63, 3.8) is 0 Å². The van der Waals surface area contributed by atoms with Gasteiger partial charge in [0.25, 0.3) is 0 Å². The largest absolute Gasteiger partial charge is 0.497 e. The van der Waals surface area contributed by atoms with Crippen molar-refractivity contribution in [3.8, 4) is 17.0 Å². The lowest BCUT2D eigenvalue weighted by Gasteiger charge is -2.08. The lowest BCUT2D eigenvalue weighted by Crippen LogP contribution is -2.04. The topological polar surface area (TPSA) is 47.0 Å². The standard InChI is InChI=1S/C14H16FN3O/c1-4-16-14-17-9(2)7-13(18-14)11-6-5-10(19-3)8-12(11)15/h5-8H,4H2,1-3H3,(H,16,17,18). The molecule has 2 aromatic rings. The van der Waals surface area contributed by atoms with Crippen molar-refractivity contribution in [3.05, 3.63) is 35.8 Å². The Kier molecular flexibility index (Phi) is 3.94. The van der Waals surface area contributed by atoms with Crippen LogP contribution < -0.4 is 10.1 Å². The van der Waals surface area contributed by atoms with Crippen molar-refractivity contribution in [1.82, 2.24) is 9.97 Å². The number of methoxy groups -OCH3 is 1. The van der Waals surface area contributed by atoms with Crippen LogP contribution in [0.4, 0.5) is 10.3 Å². The van der Waals surface area contributed by atoms with Crippen LogP contribution in [-0.2, 0) is 0 Å². The minimum atomic E-state index is -0.361. The van der Waals surface area contributed by atoms with E-state index in [-0.39, 0.29) is 5.82 Å². The second-order valence-electron chi connectivity index (χ2n) is 4.09. The summed E-state index contributed by atoms with van der Waals surface area (Å²) in [6.07, 6.45) is 0. The van der Waals surface area contributed by atoms with Gasteiger partial charge < -0.3 is 10.1 Å². The summed E-state index contributed by atoms with van der Waals surface area (Å²) >= 11 is 0. The molecular weight excluding hydrogens is 245 g/mol. The molecule has 5 heteroatoms. The number of halogens is 1. The van der Waals surface area contributed by atoms with Crippen LogP contribution in [0.15, 0.2) is 24.3 Å². The van der Waals surface area contributed by atoms with Gasteiger partial charge in [0.1, 0.15) is 11.6 Å². The number of benzene rings is 1. The molecule has 0 saturated carbocycles. The van der Waals surface area contributed by atoms with Crippen LogP contribution in [0.2, 0.25) is 0 Å². The third-order valence-electron chi connectivity index (χ3n) is 2.64. The highest BCUT2D eigenvalue weighted by atomic mass is 19.1. The first-order valence-electron chi connectivity index (χ1n) is 6.07. The Hall–Kier alpha value is -2.17. The number of hydrogen-bond acceptors (Lipinski definition) is 4. The molecule has 0 aliphatic carbocycles. The Labute approximate surface area is 111 Å². The van der Waals surface area contributed by atoms with E-state index in [4.69, 9.17) is 4.74 Å². The molecule has 0 atom stereocenters. The van der Waals surface area contributed by atoms with E-state index in [0.29, 0.717) is 29.5 Å². The quantitative estimate of drug-likeness (QED) is 0.919. The van der Waals surface area contributed by atoms with Gasteiger partial charge >= 0.3 is 0 Å². The molecule has 0 aliphatic rings. The van der Waals surface area contributed by atoms with Crippen LogP contribution in [0.25, 0.3) is 11.3 Å². The molecule has 1 aromatic heterocycles. The predicted molar refractivity (Wildman–Crippen MR) is 72.9 cm³/mol. The molecule has 0 bridgehead atoms. The van der Waals surface area contributed by atoms with Crippen LogP contribution in [0.5, 0.6) is 5.75 Å². The fourth-order valence-electron chi connectivity index (χ4n) is 1.77. The molecule has 0 aliphatic heterocycles. The molecule has 0 fully saturated rings. The van der Waals surface area contributed by atoms with Gasteiger partial charge in [-0.3, -0.25) is 0 Å². The van der Waals surface area contributed by atoms with Gasteiger partial charge in [0.2, 0.25) is 5.95 Å². The molecule has 0 spiro atoms. The van der Waals surface area contributed by atoms with E-state index in [1.807, 2.05) is 13.8 Å². The van der Waals surface area contributed by atoms with Crippen molar-refractivity contribution < 1.29 is 9.13 Å². The van der Waals surface area contributed by atoms with Gasteiger partial charge in [0.05, 0.1) is 12.8 Å². The summed E-state index contributed by atoms with van der Waals surface area (Å²) in [5.74, 6) is 0.631. The highest BCUT2D eigenvalue weighted by Crippen LogP contribution is 2.25. The first-order valence-corrected chi connectivity index (χ1v) is 6.07. The van der Waals surface area contributed by atoms with E-state index in [9.17, 15) is 4.39 Å². The summed E-state index contributed by atoms with van der Waals surface area (Å²) in [5, 5.41) is 3.03. The third-order valence-corrected chi connectivity index (χ3v) is 2.64. The fourth-order valence-corrected chi connectivity index (χ4v) is 1.77. The Morgan fingerprint density at radius 3 is 2.68 bits per heavy atom. The van der Waals surface area contributed by atoms with Gasteiger partial charge in [-0.1, -0.05) is 0 Å². The number of hydrogen-bond donors (Lipinski definition) is 1. The number of rotatable bonds is 4. The fraction of sp³-hybridized carbons (Fsp3) is 0.286. The Bertz CT molecular complexity index is 587. The molecule has 1 N–H and O–H groups in total. The molecule has 2 rings (SSSR count). The number of nitrogens with zero attached hydrogens (tertiary/aromatic N) is 2. The maximum atomic E-state index is 14.0. The van der Waals surface area contributed by atoms with Gasteiger partial charge in [-0.25, -0.2) is 14.4 Å². The SMILES string of the molecule is CCNc1nc(C)cc(-c2ccc(OC)cc2F)n1. The predicted octanol–water partition coefficient (Wildman–Crippen LogP) is 3.03. The lowest BCUT2D eigenvalue weighted by molar-refractivity contribution is 0.411. The van der Waals surface area contributed by atoms with Gasteiger partial charge in [-0.15, -0.1) is 0 Å². The van der Waals surface area contributed by atoms with Crippen LogP contribution >= 0.6 is 0 Å². The summed E-state index contributed by atoms with van der Waals surface area (Å²) in [5.41, 5.74) is 1.78. The van der Waals surface area contributed by atoms with E-state index < -0.39 is 0 Å². The van der Waals surface area contributed by atoms with E-state index in [0.717, 1.165) is 5.69 Å². The zero-order valence-corrected chi connectivity index (χ0v) is 11.2. The summed E-state index contributed by atoms with van der Waals surface area (Å²) in [6.45, 7) is 4.53. The number of aromatic nitrogens is 2. The molecule has 0 unspecified atom stereocenters. The Morgan fingerprint density at radius 2 is 2.05 bits per heavy atom. The highest BCUT2D eigenvalue weighted by Gasteiger charge is 2.10. The number of nitrogens with one attached hydrogen (secondary N) is 1. The molecule has 19 heavy (non-hydrogen) atoms. The summed E-state index contributed by atoms with van der Waals surface area (Å²) in [6, 6.07) is 6.47. The van der Waals surface area contributed by atoms with Gasteiger partial charge in [-0.2, -0.15) is 0 Å². The van der Waals surface area contributed by atoms with Crippen molar-refractivity contribution in [2.75, 3.05) is 19.0 Å². The molecule has 100 valence electrons. The Balaban J connectivity index is 2.46. The molecule has 1 aromatic carbocycles. The highest BCUT2D eigenvalue weighted by molar-refractivity contribution is 5.62. The number of ether oxygens (including phenoxy) is 1. The minimum absolute atomic E-state index is 0.361. The monoisotopic (exact) mass is 261 g/mol. The third kappa shape index (κ3) is 2.99. The van der Waals surface area contributed by atoms with E-state index in [2.05, 4.69) is 15.3 Å². The minimum Gasteiger partial charge on any atom is -0.497 e. The molecule has 1 heterocycles. The van der Waals surface area contributed by atoms with Crippen molar-refractivity contribution >= 4 is 5.95 Å². The summed E-state index contributed by atoms with van der Waals surface area (Å²) < 4.78 is 19.0. The zero-order chi connectivity index (χ0) is 13.8. The normalized spacial score (nSPS) is 10.3. The summed E-state index contributed by atoms with van der Waals surface area (Å²) in [7, 11) is 1.51. The summed E-state index contributed by atoms with van der Waals surface area (Å²) in [4.78, 5) is 8.55. The van der Waals surface area contributed by atoms with Crippen LogP contribution in [0.1, 0.15) is 12.6 Å². The first-order chi connectivity index (χ1) is 9.13. The van der Waals surface area contributed by atoms with Crippen LogP contribution in [0.3, 0.4) is 0 Å². The van der Waals surface area contributed by atoms with Crippen molar-refractivity contribution in [2.45, 2.75) is 13.8 Å². The molecular formula is C14H16FN3O. The van der Waals surface area contributed by atoms with Crippen molar-refractivity contribution in [2.24, 2.45) is 0 Å². The maximum absolute atomic E-state index is 14.0. The second kappa shape index (κ2) is 5.65. The van der Waals surface area contributed by atoms with Gasteiger partial charge in [-0.05, 0) is 32.0 Å². The number of aryl methyl sites for hydroxylation is 1.